The van der Waals surface area contributed by atoms with Crippen LogP contribution < -0.4 is 15.8 Å². The largest absolute Gasteiger partial charge is 0.340 e. The van der Waals surface area contributed by atoms with Gasteiger partial charge >= 0.3 is 0 Å². The Morgan fingerprint density at radius 1 is 1.41 bits per heavy atom. The molecule has 1 aliphatic rings. The first-order chi connectivity index (χ1) is 8.15. The summed E-state index contributed by atoms with van der Waals surface area (Å²) >= 11 is 0. The summed E-state index contributed by atoms with van der Waals surface area (Å²) in [5, 5.41) is 3.28. The predicted molar refractivity (Wildman–Crippen MR) is 68.5 cm³/mol. The summed E-state index contributed by atoms with van der Waals surface area (Å²) in [6.07, 6.45) is 0.850. The minimum absolute atomic E-state index is 0.0517. The summed E-state index contributed by atoms with van der Waals surface area (Å²) < 4.78 is 0. The molecule has 0 bridgehead atoms. The predicted octanol–water partition coefficient (Wildman–Crippen LogP) is 0.378. The van der Waals surface area contributed by atoms with Crippen LogP contribution in [0.2, 0.25) is 0 Å². The first-order valence-electron chi connectivity index (χ1n) is 6.21. The molecule has 2 rings (SSSR count). The zero-order valence-corrected chi connectivity index (χ0v) is 10.5. The second-order valence-electron chi connectivity index (χ2n) is 4.90. The van der Waals surface area contributed by atoms with E-state index in [-0.39, 0.29) is 5.56 Å². The van der Waals surface area contributed by atoms with E-state index in [1.54, 1.807) is 6.07 Å². The molecule has 0 unspecified atom stereocenters. The Balaban J connectivity index is 2.21. The minimum Gasteiger partial charge on any atom is -0.340 e. The van der Waals surface area contributed by atoms with E-state index >= 15 is 0 Å². The summed E-state index contributed by atoms with van der Waals surface area (Å²) in [5.41, 5.74) is 0.835. The van der Waals surface area contributed by atoms with Crippen molar-refractivity contribution in [1.29, 1.82) is 0 Å². The molecule has 0 radical (unpaired) electrons. The maximum Gasteiger partial charge on any atom is 0.252 e. The van der Waals surface area contributed by atoms with Gasteiger partial charge in [-0.05, 0) is 12.3 Å². The van der Waals surface area contributed by atoms with E-state index in [9.17, 15) is 4.79 Å². The molecule has 1 aromatic rings. The van der Waals surface area contributed by atoms with Crippen molar-refractivity contribution in [2.75, 3.05) is 31.1 Å². The number of nitrogens with zero attached hydrogens (tertiary/aromatic N) is 2. The third-order valence-corrected chi connectivity index (χ3v) is 2.82. The molecule has 2 N–H and O–H groups in total. The second-order valence-corrected chi connectivity index (χ2v) is 4.90. The van der Waals surface area contributed by atoms with Crippen LogP contribution in [0.5, 0.6) is 0 Å². The van der Waals surface area contributed by atoms with E-state index in [0.29, 0.717) is 5.92 Å². The zero-order chi connectivity index (χ0) is 12.3. The molecule has 1 aromatic heterocycles. The van der Waals surface area contributed by atoms with Crippen molar-refractivity contribution in [3.63, 3.8) is 0 Å². The van der Waals surface area contributed by atoms with Crippen LogP contribution in [0.25, 0.3) is 0 Å². The van der Waals surface area contributed by atoms with Gasteiger partial charge in [0.25, 0.3) is 5.56 Å². The summed E-state index contributed by atoms with van der Waals surface area (Å²) in [7, 11) is 0. The number of anilines is 1. The molecule has 1 saturated heterocycles. The van der Waals surface area contributed by atoms with Crippen LogP contribution in [0.15, 0.2) is 10.9 Å². The van der Waals surface area contributed by atoms with Gasteiger partial charge in [-0.3, -0.25) is 9.78 Å². The first kappa shape index (κ1) is 12.1. The van der Waals surface area contributed by atoms with Gasteiger partial charge in [-0.15, -0.1) is 0 Å². The zero-order valence-electron chi connectivity index (χ0n) is 10.5. The summed E-state index contributed by atoms with van der Waals surface area (Å²) in [5.74, 6) is 1.23. The number of nitrogens with one attached hydrogen (secondary N) is 2. The van der Waals surface area contributed by atoms with E-state index in [1.165, 1.54) is 0 Å². The molecular formula is C12H20N4O. The molecule has 0 saturated carbocycles. The van der Waals surface area contributed by atoms with Crippen molar-refractivity contribution in [2.24, 2.45) is 5.92 Å². The maximum atomic E-state index is 11.6. The summed E-state index contributed by atoms with van der Waals surface area (Å²) in [4.78, 5) is 21.1. The monoisotopic (exact) mass is 236 g/mol. The smallest absolute Gasteiger partial charge is 0.252 e. The van der Waals surface area contributed by atoms with E-state index in [0.717, 1.165) is 44.2 Å². The van der Waals surface area contributed by atoms with Gasteiger partial charge in [-0.25, -0.2) is 4.98 Å². The highest BCUT2D eigenvalue weighted by molar-refractivity contribution is 5.31. The molecule has 5 nitrogen and oxygen atoms in total. The highest BCUT2D eigenvalue weighted by atomic mass is 16.1. The molecule has 0 aliphatic carbocycles. The van der Waals surface area contributed by atoms with Crippen LogP contribution in [0.1, 0.15) is 19.5 Å². The maximum absolute atomic E-state index is 11.6. The number of piperazine rings is 1. The van der Waals surface area contributed by atoms with E-state index in [1.807, 2.05) is 0 Å². The van der Waals surface area contributed by atoms with Gasteiger partial charge in [0.1, 0.15) is 0 Å². The molecular weight excluding hydrogens is 216 g/mol. The van der Waals surface area contributed by atoms with Crippen LogP contribution in [-0.2, 0) is 6.42 Å². The molecule has 17 heavy (non-hydrogen) atoms. The third kappa shape index (κ3) is 3.30. The van der Waals surface area contributed by atoms with Crippen LogP contribution in [0.3, 0.4) is 0 Å². The number of H-pyrrole nitrogens is 1. The van der Waals surface area contributed by atoms with Crippen molar-refractivity contribution in [2.45, 2.75) is 20.3 Å². The lowest BCUT2D eigenvalue weighted by molar-refractivity contribution is 0.575. The lowest BCUT2D eigenvalue weighted by Crippen LogP contribution is -2.44. The average molecular weight is 236 g/mol. The van der Waals surface area contributed by atoms with Gasteiger partial charge in [0, 0.05) is 32.2 Å². The molecule has 94 valence electrons. The fourth-order valence-electron chi connectivity index (χ4n) is 2.04. The Morgan fingerprint density at radius 2 is 2.12 bits per heavy atom. The number of hydrogen-bond acceptors (Lipinski definition) is 4. The lowest BCUT2D eigenvalue weighted by atomic mass is 10.1. The average Bonchev–Trinajstić information content (AvgIpc) is 2.28. The van der Waals surface area contributed by atoms with Crippen molar-refractivity contribution in [1.82, 2.24) is 15.3 Å². The standard InChI is InChI=1S/C12H20N4O/c1-9(2)7-10-8-11(17)15-12(14-10)16-5-3-13-4-6-16/h8-9,13H,3-7H2,1-2H3,(H,14,15,17). The molecule has 0 aromatic carbocycles. The highest BCUT2D eigenvalue weighted by Crippen LogP contribution is 2.09. The number of hydrogen-bond donors (Lipinski definition) is 2. The van der Waals surface area contributed by atoms with Gasteiger partial charge in [0.2, 0.25) is 5.95 Å². The van der Waals surface area contributed by atoms with Gasteiger partial charge in [-0.1, -0.05) is 13.8 Å². The van der Waals surface area contributed by atoms with E-state index < -0.39 is 0 Å². The van der Waals surface area contributed by atoms with Crippen LogP contribution in [0, 0.1) is 5.92 Å². The Morgan fingerprint density at radius 3 is 2.76 bits per heavy atom. The number of aromatic nitrogens is 2. The quantitative estimate of drug-likeness (QED) is 0.796. The normalized spacial score (nSPS) is 16.5. The summed E-state index contributed by atoms with van der Waals surface area (Å²) in [6.45, 7) is 7.94. The SMILES string of the molecule is CC(C)Cc1cc(=O)[nH]c(N2CCNCC2)n1. The van der Waals surface area contributed by atoms with Crippen molar-refractivity contribution < 1.29 is 0 Å². The molecule has 1 fully saturated rings. The van der Waals surface area contributed by atoms with Crippen molar-refractivity contribution in [3.8, 4) is 0 Å². The number of aromatic amines is 1. The molecule has 0 spiro atoms. The fourth-order valence-corrected chi connectivity index (χ4v) is 2.04. The Hall–Kier alpha value is -1.36. The summed E-state index contributed by atoms with van der Waals surface area (Å²) in [6, 6.07) is 1.60. The van der Waals surface area contributed by atoms with Crippen LogP contribution in [0.4, 0.5) is 5.95 Å². The second kappa shape index (κ2) is 5.31. The fraction of sp³-hybridized carbons (Fsp3) is 0.667. The first-order valence-corrected chi connectivity index (χ1v) is 6.21. The minimum atomic E-state index is -0.0517. The van der Waals surface area contributed by atoms with Gasteiger partial charge in [0.15, 0.2) is 0 Å². The van der Waals surface area contributed by atoms with Gasteiger partial charge in [0.05, 0.1) is 5.69 Å². The number of rotatable bonds is 3. The third-order valence-electron chi connectivity index (χ3n) is 2.82. The Labute approximate surface area is 101 Å². The van der Waals surface area contributed by atoms with Gasteiger partial charge < -0.3 is 10.2 Å². The molecule has 0 amide bonds. The molecule has 0 atom stereocenters. The lowest BCUT2D eigenvalue weighted by Gasteiger charge is -2.27. The molecule has 5 heteroatoms. The van der Waals surface area contributed by atoms with Crippen molar-refractivity contribution in [3.05, 3.63) is 22.1 Å². The van der Waals surface area contributed by atoms with Gasteiger partial charge in [-0.2, -0.15) is 0 Å². The van der Waals surface area contributed by atoms with Crippen LogP contribution in [-0.4, -0.2) is 36.1 Å². The molecule has 2 heterocycles. The van der Waals surface area contributed by atoms with E-state index in [2.05, 4.69) is 34.0 Å². The Bertz CT molecular complexity index is 421. The highest BCUT2D eigenvalue weighted by Gasteiger charge is 2.13. The van der Waals surface area contributed by atoms with Crippen molar-refractivity contribution >= 4 is 5.95 Å². The topological polar surface area (TPSA) is 61.0 Å². The molecule has 1 aliphatic heterocycles. The van der Waals surface area contributed by atoms with Crippen LogP contribution >= 0.6 is 0 Å². The Kier molecular flexibility index (Phi) is 3.78. The van der Waals surface area contributed by atoms with E-state index in [4.69, 9.17) is 0 Å².